The molecule has 0 aliphatic rings. The molecule has 0 aliphatic carbocycles. The van der Waals surface area contributed by atoms with E-state index in [1.54, 1.807) is 12.1 Å². The second kappa shape index (κ2) is 10.6. The zero-order valence-electron chi connectivity index (χ0n) is 16.9. The summed E-state index contributed by atoms with van der Waals surface area (Å²) in [7, 11) is 2.96. The maximum atomic E-state index is 12.5. The number of rotatable bonds is 8. The summed E-state index contributed by atoms with van der Waals surface area (Å²) < 4.78 is 5.15. The SMILES string of the molecule is CNC(=O)CN(C)C(=O)COC(=O)c1ccccc1CSc1nc(C)cc(C)n1. The highest BCUT2D eigenvalue weighted by molar-refractivity contribution is 7.98. The van der Waals surface area contributed by atoms with Gasteiger partial charge in [0.05, 0.1) is 12.1 Å². The third-order valence-corrected chi connectivity index (χ3v) is 4.86. The number of ether oxygens (including phenoxy) is 1. The molecule has 1 heterocycles. The van der Waals surface area contributed by atoms with E-state index in [4.69, 9.17) is 4.74 Å². The third kappa shape index (κ3) is 6.86. The summed E-state index contributed by atoms with van der Waals surface area (Å²) in [5.74, 6) is -0.872. The normalized spacial score (nSPS) is 10.3. The summed E-state index contributed by atoms with van der Waals surface area (Å²) >= 11 is 1.42. The number of likely N-dealkylation sites (N-methyl/N-ethyl adjacent to an activating group) is 2. The number of amides is 2. The Morgan fingerprint density at radius 3 is 2.45 bits per heavy atom. The molecule has 0 spiro atoms. The van der Waals surface area contributed by atoms with Gasteiger partial charge in [0.15, 0.2) is 11.8 Å². The first kappa shape index (κ1) is 22.4. The number of benzene rings is 1. The number of thioether (sulfide) groups is 1. The number of hydrogen-bond acceptors (Lipinski definition) is 7. The summed E-state index contributed by atoms with van der Waals surface area (Å²) in [4.78, 5) is 45.8. The van der Waals surface area contributed by atoms with E-state index in [-0.39, 0.29) is 12.5 Å². The zero-order valence-corrected chi connectivity index (χ0v) is 17.7. The lowest BCUT2D eigenvalue weighted by molar-refractivity contribution is -0.137. The van der Waals surface area contributed by atoms with Crippen molar-refractivity contribution in [3.05, 3.63) is 52.8 Å². The minimum absolute atomic E-state index is 0.101. The molecule has 0 saturated carbocycles. The van der Waals surface area contributed by atoms with Crippen molar-refractivity contribution < 1.29 is 19.1 Å². The van der Waals surface area contributed by atoms with Gasteiger partial charge in [-0.05, 0) is 31.5 Å². The van der Waals surface area contributed by atoms with Crippen LogP contribution in [0.25, 0.3) is 0 Å². The van der Waals surface area contributed by atoms with Crippen molar-refractivity contribution in [2.24, 2.45) is 0 Å². The van der Waals surface area contributed by atoms with E-state index in [0.717, 1.165) is 17.0 Å². The van der Waals surface area contributed by atoms with Gasteiger partial charge in [0, 0.05) is 31.2 Å². The van der Waals surface area contributed by atoms with Crippen LogP contribution in [0.3, 0.4) is 0 Å². The minimum Gasteiger partial charge on any atom is -0.452 e. The van der Waals surface area contributed by atoms with Gasteiger partial charge >= 0.3 is 5.97 Å². The molecule has 8 nitrogen and oxygen atoms in total. The molecule has 0 fully saturated rings. The van der Waals surface area contributed by atoms with Crippen molar-refractivity contribution in [3.8, 4) is 0 Å². The minimum atomic E-state index is -0.593. The Morgan fingerprint density at radius 2 is 1.79 bits per heavy atom. The van der Waals surface area contributed by atoms with Crippen LogP contribution < -0.4 is 5.32 Å². The number of aromatic nitrogens is 2. The maximum Gasteiger partial charge on any atom is 0.338 e. The van der Waals surface area contributed by atoms with Crippen molar-refractivity contribution >= 4 is 29.5 Å². The highest BCUT2D eigenvalue weighted by atomic mass is 32.2. The fourth-order valence-electron chi connectivity index (χ4n) is 2.44. The summed E-state index contributed by atoms with van der Waals surface area (Å²) in [6, 6.07) is 8.94. The lowest BCUT2D eigenvalue weighted by Crippen LogP contribution is -2.39. The average Bonchev–Trinajstić information content (AvgIpc) is 2.69. The summed E-state index contributed by atoms with van der Waals surface area (Å²) in [6.45, 7) is 3.27. The molecule has 2 rings (SSSR count). The maximum absolute atomic E-state index is 12.5. The van der Waals surface area contributed by atoms with Gasteiger partial charge < -0.3 is 15.0 Å². The lowest BCUT2D eigenvalue weighted by Gasteiger charge is -2.16. The van der Waals surface area contributed by atoms with E-state index in [1.165, 1.54) is 30.8 Å². The molecular formula is C20H24N4O4S. The van der Waals surface area contributed by atoms with Crippen LogP contribution in [0, 0.1) is 13.8 Å². The van der Waals surface area contributed by atoms with Gasteiger partial charge in [-0.15, -0.1) is 0 Å². The molecule has 0 atom stereocenters. The number of nitrogens with one attached hydrogen (secondary N) is 1. The second-order valence-corrected chi connectivity index (χ2v) is 7.32. The van der Waals surface area contributed by atoms with Gasteiger partial charge in [-0.1, -0.05) is 30.0 Å². The van der Waals surface area contributed by atoms with E-state index in [1.807, 2.05) is 32.0 Å². The standard InChI is InChI=1S/C20H24N4O4S/c1-13-9-14(2)23-20(22-13)29-12-15-7-5-6-8-16(15)19(27)28-11-18(26)24(4)10-17(25)21-3/h5-9H,10-12H2,1-4H3,(H,21,25). The Morgan fingerprint density at radius 1 is 1.14 bits per heavy atom. The molecular weight excluding hydrogens is 392 g/mol. The van der Waals surface area contributed by atoms with Crippen LogP contribution in [0.15, 0.2) is 35.5 Å². The first-order valence-electron chi connectivity index (χ1n) is 8.94. The predicted octanol–water partition coefficient (Wildman–Crippen LogP) is 1.75. The van der Waals surface area contributed by atoms with Crippen LogP contribution >= 0.6 is 11.8 Å². The zero-order chi connectivity index (χ0) is 21.4. The first-order chi connectivity index (χ1) is 13.8. The number of esters is 1. The molecule has 0 saturated heterocycles. The molecule has 0 radical (unpaired) electrons. The molecule has 154 valence electrons. The van der Waals surface area contributed by atoms with Crippen LogP contribution in [-0.4, -0.2) is 59.9 Å². The molecule has 1 aromatic heterocycles. The number of hydrogen-bond donors (Lipinski definition) is 1. The van der Waals surface area contributed by atoms with Crippen molar-refractivity contribution in [3.63, 3.8) is 0 Å². The molecule has 0 bridgehead atoms. The van der Waals surface area contributed by atoms with Gasteiger partial charge in [0.1, 0.15) is 0 Å². The molecule has 1 aromatic carbocycles. The monoisotopic (exact) mass is 416 g/mol. The lowest BCUT2D eigenvalue weighted by atomic mass is 10.1. The Bertz CT molecular complexity index is 884. The molecule has 1 N–H and O–H groups in total. The van der Waals surface area contributed by atoms with Crippen LogP contribution in [0.5, 0.6) is 0 Å². The van der Waals surface area contributed by atoms with Crippen molar-refractivity contribution in [2.45, 2.75) is 24.8 Å². The van der Waals surface area contributed by atoms with Crippen LogP contribution in [0.4, 0.5) is 0 Å². The fourth-order valence-corrected chi connectivity index (χ4v) is 3.40. The van der Waals surface area contributed by atoms with Gasteiger partial charge in [0.2, 0.25) is 5.91 Å². The first-order valence-corrected chi connectivity index (χ1v) is 9.93. The van der Waals surface area contributed by atoms with E-state index < -0.39 is 18.5 Å². The van der Waals surface area contributed by atoms with Gasteiger partial charge in [-0.2, -0.15) is 0 Å². The molecule has 2 aromatic rings. The smallest absolute Gasteiger partial charge is 0.338 e. The van der Waals surface area contributed by atoms with Crippen molar-refractivity contribution in [1.82, 2.24) is 20.2 Å². The van der Waals surface area contributed by atoms with E-state index in [2.05, 4.69) is 15.3 Å². The summed E-state index contributed by atoms with van der Waals surface area (Å²) in [6.07, 6.45) is 0. The van der Waals surface area contributed by atoms with E-state index in [0.29, 0.717) is 16.5 Å². The molecule has 29 heavy (non-hydrogen) atoms. The third-order valence-electron chi connectivity index (χ3n) is 3.97. The number of nitrogens with zero attached hydrogens (tertiary/aromatic N) is 3. The van der Waals surface area contributed by atoms with Crippen LogP contribution in [0.1, 0.15) is 27.3 Å². The van der Waals surface area contributed by atoms with Crippen LogP contribution in [0.2, 0.25) is 0 Å². The van der Waals surface area contributed by atoms with Gasteiger partial charge in [0.25, 0.3) is 5.91 Å². The molecule has 2 amide bonds. The van der Waals surface area contributed by atoms with Gasteiger partial charge in [-0.3, -0.25) is 9.59 Å². The van der Waals surface area contributed by atoms with Crippen LogP contribution in [-0.2, 0) is 20.1 Å². The number of carbonyl (C=O) groups is 3. The fraction of sp³-hybridized carbons (Fsp3) is 0.350. The Labute approximate surface area is 174 Å². The van der Waals surface area contributed by atoms with E-state index in [9.17, 15) is 14.4 Å². The molecule has 0 unspecified atom stereocenters. The largest absolute Gasteiger partial charge is 0.452 e. The molecule has 9 heteroatoms. The van der Waals surface area contributed by atoms with Crippen molar-refractivity contribution in [2.75, 3.05) is 27.2 Å². The predicted molar refractivity (Wildman–Crippen MR) is 109 cm³/mol. The van der Waals surface area contributed by atoms with Gasteiger partial charge in [-0.25, -0.2) is 14.8 Å². The molecule has 0 aliphatic heterocycles. The Balaban J connectivity index is 1.99. The summed E-state index contributed by atoms with van der Waals surface area (Å²) in [5, 5.41) is 3.07. The van der Waals surface area contributed by atoms with E-state index >= 15 is 0 Å². The quantitative estimate of drug-likeness (QED) is 0.397. The Hall–Kier alpha value is -2.94. The Kier molecular flexibility index (Phi) is 8.14. The topological polar surface area (TPSA) is 101 Å². The average molecular weight is 417 g/mol. The van der Waals surface area contributed by atoms with Crippen molar-refractivity contribution in [1.29, 1.82) is 0 Å². The summed E-state index contributed by atoms with van der Waals surface area (Å²) in [5.41, 5.74) is 2.90. The second-order valence-electron chi connectivity index (χ2n) is 6.38. The highest BCUT2D eigenvalue weighted by Gasteiger charge is 2.17. The number of aryl methyl sites for hydroxylation is 2. The highest BCUT2D eigenvalue weighted by Crippen LogP contribution is 2.22. The number of carbonyl (C=O) groups excluding carboxylic acids is 3.